The van der Waals surface area contributed by atoms with Crippen LogP contribution in [0.5, 0.6) is 0 Å². The number of amides is 1. The number of anilines is 1. The Morgan fingerprint density at radius 1 is 1.36 bits per heavy atom. The summed E-state index contributed by atoms with van der Waals surface area (Å²) >= 11 is 6.06. The second-order valence-electron chi connectivity index (χ2n) is 6.50. The number of benzene rings is 1. The number of rotatable bonds is 7. The van der Waals surface area contributed by atoms with E-state index in [4.69, 9.17) is 22.1 Å². The average molecular weight is 401 g/mol. The quantitative estimate of drug-likeness (QED) is 0.389. The summed E-state index contributed by atoms with van der Waals surface area (Å²) in [7, 11) is 0. The van der Waals surface area contributed by atoms with Gasteiger partial charge in [0, 0.05) is 35.1 Å². The smallest absolute Gasteiger partial charge is 0.255 e. The second kappa shape index (κ2) is 8.37. The first kappa shape index (κ1) is 19.8. The van der Waals surface area contributed by atoms with Crippen molar-refractivity contribution in [2.24, 2.45) is 0 Å². The lowest BCUT2D eigenvalue weighted by Crippen LogP contribution is -2.30. The summed E-state index contributed by atoms with van der Waals surface area (Å²) in [4.78, 5) is 24.1. The van der Waals surface area contributed by atoms with Gasteiger partial charge < -0.3 is 20.7 Å². The zero-order valence-electron chi connectivity index (χ0n) is 15.5. The second-order valence-corrected chi connectivity index (χ2v) is 6.93. The molecule has 0 atom stereocenters. The number of nitrogens with one attached hydrogen (secondary N) is 4. The number of carbonyl (C=O) groups is 1. The molecule has 0 saturated carbocycles. The third-order valence-corrected chi connectivity index (χ3v) is 4.21. The van der Waals surface area contributed by atoms with Crippen LogP contribution < -0.4 is 10.6 Å². The van der Waals surface area contributed by atoms with Gasteiger partial charge in [0.05, 0.1) is 24.1 Å². The van der Waals surface area contributed by atoms with E-state index in [2.05, 4.69) is 25.6 Å². The summed E-state index contributed by atoms with van der Waals surface area (Å²) in [5, 5.41) is 24.0. The van der Waals surface area contributed by atoms with Crippen molar-refractivity contribution < 1.29 is 9.90 Å². The molecule has 0 fully saturated rings. The highest BCUT2D eigenvalue weighted by atomic mass is 35.5. The van der Waals surface area contributed by atoms with Gasteiger partial charge in [0.1, 0.15) is 11.2 Å². The molecule has 0 aliphatic carbocycles. The molecule has 0 spiro atoms. The number of hydrogen-bond acceptors (Lipinski definition) is 6. The minimum Gasteiger partial charge on any atom is -0.395 e. The van der Waals surface area contributed by atoms with Gasteiger partial charge in [-0.1, -0.05) is 11.6 Å². The fraction of sp³-hybridized carbons (Fsp3) is 0.263. The van der Waals surface area contributed by atoms with Gasteiger partial charge in [0.25, 0.3) is 5.91 Å². The highest BCUT2D eigenvalue weighted by Crippen LogP contribution is 2.24. The Morgan fingerprint density at radius 2 is 2.14 bits per heavy atom. The Kier molecular flexibility index (Phi) is 5.91. The van der Waals surface area contributed by atoms with E-state index in [1.165, 1.54) is 6.20 Å². The Balaban J connectivity index is 2.00. The van der Waals surface area contributed by atoms with Crippen molar-refractivity contribution in [3.05, 3.63) is 52.4 Å². The van der Waals surface area contributed by atoms with Crippen LogP contribution in [0, 0.1) is 5.41 Å². The van der Waals surface area contributed by atoms with Crippen molar-refractivity contribution >= 4 is 40.1 Å². The largest absolute Gasteiger partial charge is 0.395 e. The highest BCUT2D eigenvalue weighted by Gasteiger charge is 2.18. The third-order valence-electron chi connectivity index (χ3n) is 3.98. The van der Waals surface area contributed by atoms with Gasteiger partial charge >= 0.3 is 0 Å². The van der Waals surface area contributed by atoms with E-state index in [0.717, 1.165) is 0 Å². The molecule has 3 rings (SSSR count). The van der Waals surface area contributed by atoms with Crippen LogP contribution in [0.4, 0.5) is 5.69 Å². The third kappa shape index (κ3) is 4.13. The Bertz CT molecular complexity index is 1030. The predicted octanol–water partition coefficient (Wildman–Crippen LogP) is 2.57. The van der Waals surface area contributed by atoms with E-state index in [1.54, 1.807) is 24.4 Å². The van der Waals surface area contributed by atoms with E-state index in [-0.39, 0.29) is 24.3 Å². The lowest BCUT2D eigenvalue weighted by Gasteiger charge is -2.13. The summed E-state index contributed by atoms with van der Waals surface area (Å²) in [5.74, 6) is -0.254. The van der Waals surface area contributed by atoms with Gasteiger partial charge in [0.2, 0.25) is 0 Å². The van der Waals surface area contributed by atoms with Crippen LogP contribution in [-0.2, 0) is 0 Å². The fourth-order valence-electron chi connectivity index (χ4n) is 2.73. The molecule has 0 radical (unpaired) electrons. The summed E-state index contributed by atoms with van der Waals surface area (Å²) in [6.07, 6.45) is 3.04. The molecule has 2 aromatic heterocycles. The van der Waals surface area contributed by atoms with Gasteiger partial charge in [-0.3, -0.25) is 10.2 Å². The molecule has 1 amide bonds. The summed E-state index contributed by atoms with van der Waals surface area (Å²) in [6.45, 7) is 4.02. The van der Waals surface area contributed by atoms with E-state index >= 15 is 0 Å². The molecule has 0 unspecified atom stereocenters. The van der Waals surface area contributed by atoms with Crippen molar-refractivity contribution in [3.63, 3.8) is 0 Å². The Morgan fingerprint density at radius 3 is 2.86 bits per heavy atom. The van der Waals surface area contributed by atoms with Crippen LogP contribution in [0.3, 0.4) is 0 Å². The number of aliphatic hydroxyl groups is 1. The number of hydrogen-bond donors (Lipinski definition) is 5. The van der Waals surface area contributed by atoms with Crippen molar-refractivity contribution in [2.45, 2.75) is 19.9 Å². The number of halogens is 1. The van der Waals surface area contributed by atoms with Crippen LogP contribution in [0.25, 0.3) is 11.2 Å². The molecule has 8 nitrogen and oxygen atoms in total. The van der Waals surface area contributed by atoms with E-state index < -0.39 is 0 Å². The molecule has 0 aliphatic rings. The van der Waals surface area contributed by atoms with Gasteiger partial charge in [-0.15, -0.1) is 0 Å². The van der Waals surface area contributed by atoms with Gasteiger partial charge in [0.15, 0.2) is 5.65 Å². The molecule has 1 aromatic carbocycles. The number of carbonyl (C=O) groups excluding carboxylic acids is 1. The average Bonchev–Trinajstić information content (AvgIpc) is 3.08. The maximum Gasteiger partial charge on any atom is 0.255 e. The van der Waals surface area contributed by atoms with E-state index in [0.29, 0.717) is 45.2 Å². The molecule has 0 aliphatic heterocycles. The van der Waals surface area contributed by atoms with E-state index in [9.17, 15) is 4.79 Å². The van der Waals surface area contributed by atoms with Crippen LogP contribution in [0.1, 0.15) is 35.5 Å². The minimum absolute atomic E-state index is 0.0129. The molecule has 9 heteroatoms. The monoisotopic (exact) mass is 400 g/mol. The molecule has 2 heterocycles. The van der Waals surface area contributed by atoms with Crippen LogP contribution in [-0.4, -0.2) is 50.9 Å². The maximum absolute atomic E-state index is 12.4. The number of aromatic amines is 1. The molecular weight excluding hydrogens is 380 g/mol. The van der Waals surface area contributed by atoms with Gasteiger partial charge in [-0.25, -0.2) is 9.97 Å². The van der Waals surface area contributed by atoms with Gasteiger partial charge in [-0.2, -0.15) is 0 Å². The first-order chi connectivity index (χ1) is 13.4. The topological polar surface area (TPSA) is 127 Å². The van der Waals surface area contributed by atoms with Crippen molar-refractivity contribution in [1.29, 1.82) is 5.41 Å². The Labute approximate surface area is 166 Å². The van der Waals surface area contributed by atoms with Crippen molar-refractivity contribution in [1.82, 2.24) is 20.3 Å². The Hall–Kier alpha value is -2.97. The first-order valence-electron chi connectivity index (χ1n) is 8.79. The van der Waals surface area contributed by atoms with Crippen LogP contribution in [0.15, 0.2) is 30.6 Å². The standard InChI is InChI=1S/C19H21ClN6O2/c1-10(2)25-19(28)13-8-23-18-17(13)26-15(9-24-18)16(21)12-4-3-11(20)7-14(12)22-5-6-27/h3-4,7-10,21-22,27H,5-6H2,1-2H3,(H,23,24)(H,25,28). The maximum atomic E-state index is 12.4. The molecule has 0 bridgehead atoms. The zero-order valence-corrected chi connectivity index (χ0v) is 16.3. The van der Waals surface area contributed by atoms with Crippen molar-refractivity contribution in [2.75, 3.05) is 18.5 Å². The highest BCUT2D eigenvalue weighted by molar-refractivity contribution is 6.31. The summed E-state index contributed by atoms with van der Waals surface area (Å²) in [5.41, 5.74) is 2.87. The number of aliphatic hydroxyl groups excluding tert-OH is 1. The number of H-pyrrole nitrogens is 1. The summed E-state index contributed by atoms with van der Waals surface area (Å²) < 4.78 is 0. The van der Waals surface area contributed by atoms with Crippen molar-refractivity contribution in [3.8, 4) is 0 Å². The molecule has 146 valence electrons. The zero-order chi connectivity index (χ0) is 20.3. The molecule has 3 aromatic rings. The lowest BCUT2D eigenvalue weighted by atomic mass is 10.1. The molecular formula is C19H21ClN6O2. The predicted molar refractivity (Wildman–Crippen MR) is 109 cm³/mol. The normalized spacial score (nSPS) is 11.0. The molecule has 0 saturated heterocycles. The van der Waals surface area contributed by atoms with E-state index in [1.807, 2.05) is 13.8 Å². The fourth-order valence-corrected chi connectivity index (χ4v) is 2.91. The number of nitrogens with zero attached hydrogens (tertiary/aromatic N) is 2. The SMILES string of the molecule is CC(C)NC(=O)c1c[nH]c2ncc(C(=N)c3ccc(Cl)cc3NCCO)nc12. The van der Waals surface area contributed by atoms with Crippen LogP contribution >= 0.6 is 11.6 Å². The number of fused-ring (bicyclic) bond motifs is 1. The minimum atomic E-state index is -0.254. The van der Waals surface area contributed by atoms with Crippen LogP contribution in [0.2, 0.25) is 5.02 Å². The lowest BCUT2D eigenvalue weighted by molar-refractivity contribution is 0.0944. The van der Waals surface area contributed by atoms with Gasteiger partial charge in [-0.05, 0) is 32.0 Å². The first-order valence-corrected chi connectivity index (χ1v) is 9.17. The molecule has 28 heavy (non-hydrogen) atoms. The summed E-state index contributed by atoms with van der Waals surface area (Å²) in [6, 6.07) is 5.06. The molecule has 5 N–H and O–H groups in total. The number of aromatic nitrogens is 3.